The van der Waals surface area contributed by atoms with Gasteiger partial charge in [-0.2, -0.15) is 0 Å². The third-order valence-corrected chi connectivity index (χ3v) is 4.05. The van der Waals surface area contributed by atoms with Crippen LogP contribution in [0.2, 0.25) is 0 Å². The highest BCUT2D eigenvalue weighted by molar-refractivity contribution is 5.96. The minimum Gasteiger partial charge on any atom is -0.497 e. The standard InChI is InChI=1S/C18H17N3O4/c1-21-16(9-11-3-6-13(25-2)7-4-11)19-15-10-12(17(22)20-24)5-8-14(15)18(21)23/h3-8,10,24H,9H2,1-2H3,(H,20,22). The zero-order valence-electron chi connectivity index (χ0n) is 13.8. The second-order valence-corrected chi connectivity index (χ2v) is 5.59. The second kappa shape index (κ2) is 6.74. The van der Waals surface area contributed by atoms with Gasteiger partial charge in [-0.3, -0.25) is 19.4 Å². The number of nitrogens with zero attached hydrogens (tertiary/aromatic N) is 2. The summed E-state index contributed by atoms with van der Waals surface area (Å²) >= 11 is 0. The van der Waals surface area contributed by atoms with E-state index >= 15 is 0 Å². The van der Waals surface area contributed by atoms with Gasteiger partial charge in [-0.1, -0.05) is 12.1 Å². The van der Waals surface area contributed by atoms with Gasteiger partial charge in [0, 0.05) is 19.0 Å². The molecule has 7 nitrogen and oxygen atoms in total. The Morgan fingerprint density at radius 2 is 1.96 bits per heavy atom. The number of methoxy groups -OCH3 is 1. The summed E-state index contributed by atoms with van der Waals surface area (Å²) in [4.78, 5) is 28.6. The summed E-state index contributed by atoms with van der Waals surface area (Å²) in [6, 6.07) is 12.0. The third kappa shape index (κ3) is 3.22. The van der Waals surface area contributed by atoms with Crippen LogP contribution in [0.15, 0.2) is 47.3 Å². The highest BCUT2D eigenvalue weighted by Crippen LogP contribution is 2.16. The van der Waals surface area contributed by atoms with E-state index in [-0.39, 0.29) is 11.1 Å². The monoisotopic (exact) mass is 339 g/mol. The number of carbonyl (C=O) groups excluding carboxylic acids is 1. The van der Waals surface area contributed by atoms with Crippen LogP contribution in [0.3, 0.4) is 0 Å². The van der Waals surface area contributed by atoms with E-state index in [0.29, 0.717) is 23.1 Å². The van der Waals surface area contributed by atoms with Crippen LogP contribution in [0.5, 0.6) is 5.75 Å². The molecule has 0 aliphatic rings. The normalized spacial score (nSPS) is 10.7. The molecule has 3 aromatic rings. The van der Waals surface area contributed by atoms with Crippen molar-refractivity contribution >= 4 is 16.8 Å². The van der Waals surface area contributed by atoms with Crippen LogP contribution in [0.4, 0.5) is 0 Å². The zero-order valence-corrected chi connectivity index (χ0v) is 13.8. The van der Waals surface area contributed by atoms with Crippen LogP contribution in [0.1, 0.15) is 21.7 Å². The molecule has 0 atom stereocenters. The number of hydrogen-bond acceptors (Lipinski definition) is 5. The molecule has 0 saturated heterocycles. The molecule has 0 aliphatic heterocycles. The van der Waals surface area contributed by atoms with Gasteiger partial charge in [0.05, 0.1) is 18.0 Å². The van der Waals surface area contributed by atoms with Gasteiger partial charge >= 0.3 is 0 Å². The van der Waals surface area contributed by atoms with Crippen LogP contribution in [0.25, 0.3) is 10.9 Å². The lowest BCUT2D eigenvalue weighted by molar-refractivity contribution is 0.0706. The first-order valence-electron chi connectivity index (χ1n) is 7.60. The van der Waals surface area contributed by atoms with Gasteiger partial charge in [-0.15, -0.1) is 0 Å². The third-order valence-electron chi connectivity index (χ3n) is 4.05. The summed E-state index contributed by atoms with van der Waals surface area (Å²) in [5.41, 5.74) is 3.00. The molecule has 2 N–H and O–H groups in total. The Labute approximate surface area is 143 Å². The average Bonchev–Trinajstić information content (AvgIpc) is 2.65. The summed E-state index contributed by atoms with van der Waals surface area (Å²) in [7, 11) is 3.27. The number of nitrogens with one attached hydrogen (secondary N) is 1. The molecule has 0 spiro atoms. The van der Waals surface area contributed by atoms with Gasteiger partial charge in [0.1, 0.15) is 11.6 Å². The minimum atomic E-state index is -0.652. The smallest absolute Gasteiger partial charge is 0.274 e. The lowest BCUT2D eigenvalue weighted by atomic mass is 10.1. The van der Waals surface area contributed by atoms with Crippen molar-refractivity contribution in [1.82, 2.24) is 15.0 Å². The topological polar surface area (TPSA) is 93.5 Å². The quantitative estimate of drug-likeness (QED) is 0.557. The molecule has 1 aromatic heterocycles. The average molecular weight is 339 g/mol. The molecule has 3 rings (SSSR count). The molecule has 0 fully saturated rings. The first-order valence-corrected chi connectivity index (χ1v) is 7.60. The number of amides is 1. The number of hydroxylamine groups is 1. The van der Waals surface area contributed by atoms with Crippen molar-refractivity contribution in [2.45, 2.75) is 6.42 Å². The number of rotatable bonds is 4. The van der Waals surface area contributed by atoms with E-state index < -0.39 is 5.91 Å². The van der Waals surface area contributed by atoms with Crippen LogP contribution < -0.4 is 15.8 Å². The first-order chi connectivity index (χ1) is 12.0. The van der Waals surface area contributed by atoms with Crippen molar-refractivity contribution in [3.63, 3.8) is 0 Å². The summed E-state index contributed by atoms with van der Waals surface area (Å²) < 4.78 is 6.64. The number of carbonyl (C=O) groups is 1. The fourth-order valence-corrected chi connectivity index (χ4v) is 2.61. The Bertz CT molecular complexity index is 994. The maximum Gasteiger partial charge on any atom is 0.274 e. The van der Waals surface area contributed by atoms with Crippen LogP contribution in [-0.4, -0.2) is 27.8 Å². The number of hydrogen-bond donors (Lipinski definition) is 2. The molecule has 0 saturated carbocycles. The lowest BCUT2D eigenvalue weighted by Crippen LogP contribution is -2.23. The Morgan fingerprint density at radius 1 is 1.24 bits per heavy atom. The van der Waals surface area contributed by atoms with Gasteiger partial charge in [0.2, 0.25) is 0 Å². The van der Waals surface area contributed by atoms with Crippen molar-refractivity contribution in [2.75, 3.05) is 7.11 Å². The van der Waals surface area contributed by atoms with Crippen molar-refractivity contribution in [1.29, 1.82) is 0 Å². The number of benzene rings is 2. The molecule has 0 unspecified atom stereocenters. The molecule has 7 heteroatoms. The summed E-state index contributed by atoms with van der Waals surface area (Å²) in [5, 5.41) is 9.17. The summed E-state index contributed by atoms with van der Waals surface area (Å²) in [6.07, 6.45) is 0.460. The minimum absolute atomic E-state index is 0.190. The van der Waals surface area contributed by atoms with E-state index in [1.165, 1.54) is 22.8 Å². The molecular formula is C18H17N3O4. The van der Waals surface area contributed by atoms with Gasteiger partial charge in [0.25, 0.3) is 11.5 Å². The number of fused-ring (bicyclic) bond motifs is 1. The van der Waals surface area contributed by atoms with Gasteiger partial charge in [0.15, 0.2) is 0 Å². The van der Waals surface area contributed by atoms with Crippen molar-refractivity contribution in [3.8, 4) is 5.75 Å². The Kier molecular flexibility index (Phi) is 4.49. The maximum atomic E-state index is 12.5. The van der Waals surface area contributed by atoms with Gasteiger partial charge < -0.3 is 4.74 Å². The molecule has 1 amide bonds. The van der Waals surface area contributed by atoms with Crippen LogP contribution >= 0.6 is 0 Å². The fourth-order valence-electron chi connectivity index (χ4n) is 2.61. The van der Waals surface area contributed by atoms with E-state index in [4.69, 9.17) is 9.94 Å². The van der Waals surface area contributed by atoms with Gasteiger partial charge in [-0.05, 0) is 35.9 Å². The lowest BCUT2D eigenvalue weighted by Gasteiger charge is -2.10. The van der Waals surface area contributed by atoms with Crippen LogP contribution in [0, 0.1) is 0 Å². The molecule has 0 radical (unpaired) electrons. The van der Waals surface area contributed by atoms with E-state index in [9.17, 15) is 9.59 Å². The highest BCUT2D eigenvalue weighted by Gasteiger charge is 2.12. The fraction of sp³-hybridized carbons (Fsp3) is 0.167. The van der Waals surface area contributed by atoms with Crippen LogP contribution in [-0.2, 0) is 13.5 Å². The number of ether oxygens (including phenoxy) is 1. The largest absolute Gasteiger partial charge is 0.497 e. The Hall–Kier alpha value is -3.19. The highest BCUT2D eigenvalue weighted by atomic mass is 16.5. The SMILES string of the molecule is COc1ccc(Cc2nc3cc(C(=O)NO)ccc3c(=O)n2C)cc1. The molecule has 0 bridgehead atoms. The first kappa shape index (κ1) is 16.7. The number of aromatic nitrogens is 2. The van der Waals surface area contributed by atoms with Gasteiger partial charge in [-0.25, -0.2) is 10.5 Å². The predicted molar refractivity (Wildman–Crippen MR) is 92.0 cm³/mol. The van der Waals surface area contributed by atoms with E-state index in [1.54, 1.807) is 19.6 Å². The molecule has 2 aromatic carbocycles. The van der Waals surface area contributed by atoms with Crippen molar-refractivity contribution in [2.24, 2.45) is 7.05 Å². The molecule has 0 aliphatic carbocycles. The van der Waals surface area contributed by atoms with E-state index in [0.717, 1.165) is 11.3 Å². The molecular weight excluding hydrogens is 322 g/mol. The second-order valence-electron chi connectivity index (χ2n) is 5.59. The predicted octanol–water partition coefficient (Wildman–Crippen LogP) is 1.65. The maximum absolute atomic E-state index is 12.5. The Morgan fingerprint density at radius 3 is 2.60 bits per heavy atom. The molecule has 1 heterocycles. The molecule has 128 valence electrons. The van der Waals surface area contributed by atoms with E-state index in [2.05, 4.69) is 4.98 Å². The van der Waals surface area contributed by atoms with Crippen molar-refractivity contribution in [3.05, 3.63) is 69.8 Å². The van der Waals surface area contributed by atoms with E-state index in [1.807, 2.05) is 24.3 Å². The van der Waals surface area contributed by atoms with Crippen molar-refractivity contribution < 1.29 is 14.7 Å². The molecule has 25 heavy (non-hydrogen) atoms. The zero-order chi connectivity index (χ0) is 18.0. The summed E-state index contributed by atoms with van der Waals surface area (Å²) in [5.74, 6) is 0.675. The Balaban J connectivity index is 2.06. The summed E-state index contributed by atoms with van der Waals surface area (Å²) in [6.45, 7) is 0.